The van der Waals surface area contributed by atoms with Crippen LogP contribution in [-0.4, -0.2) is 49.1 Å². The van der Waals surface area contributed by atoms with Gasteiger partial charge < -0.3 is 9.80 Å². The first-order valence-electron chi connectivity index (χ1n) is 5.04. The van der Waals surface area contributed by atoms with Gasteiger partial charge in [-0.1, -0.05) is 0 Å². The van der Waals surface area contributed by atoms with Crippen LogP contribution in [0.3, 0.4) is 0 Å². The first-order chi connectivity index (χ1) is 7.50. The summed E-state index contributed by atoms with van der Waals surface area (Å²) in [6.07, 6.45) is 2.03. The summed E-state index contributed by atoms with van der Waals surface area (Å²) in [5.74, 6) is -0.199. The highest BCUT2D eigenvalue weighted by atomic mass is 35.5. The fraction of sp³-hybridized carbons (Fsp3) is 0.600. The van der Waals surface area contributed by atoms with Crippen molar-refractivity contribution in [1.82, 2.24) is 14.9 Å². The second-order valence-corrected chi connectivity index (χ2v) is 4.23. The Hall–Kier alpha value is -0.940. The van der Waals surface area contributed by atoms with E-state index in [1.54, 1.807) is 11.9 Å². The standard InChI is InChI=1S/C10H16ClFN4/c1-15(2)5-4-6-16(3)9-8(12)7-13-10(11)14-9/h7H,4-6H2,1-3H3. The number of hydrogen-bond acceptors (Lipinski definition) is 4. The normalized spacial score (nSPS) is 10.9. The molecule has 0 aromatic carbocycles. The highest BCUT2D eigenvalue weighted by molar-refractivity contribution is 6.28. The van der Waals surface area contributed by atoms with Crippen LogP contribution in [0.15, 0.2) is 6.20 Å². The maximum Gasteiger partial charge on any atom is 0.224 e. The first kappa shape index (κ1) is 13.1. The molecule has 0 saturated carbocycles. The number of rotatable bonds is 5. The molecule has 0 radical (unpaired) electrons. The van der Waals surface area contributed by atoms with Crippen molar-refractivity contribution in [3.63, 3.8) is 0 Å². The van der Waals surface area contributed by atoms with E-state index < -0.39 is 5.82 Å². The summed E-state index contributed by atoms with van der Waals surface area (Å²) in [7, 11) is 5.79. The second-order valence-electron chi connectivity index (χ2n) is 3.89. The van der Waals surface area contributed by atoms with Gasteiger partial charge >= 0.3 is 0 Å². The molecule has 1 heterocycles. The number of aromatic nitrogens is 2. The van der Waals surface area contributed by atoms with Crippen molar-refractivity contribution >= 4 is 17.4 Å². The van der Waals surface area contributed by atoms with E-state index in [1.165, 1.54) is 0 Å². The molecule has 0 amide bonds. The molecule has 0 atom stereocenters. The molecule has 0 fully saturated rings. The predicted molar refractivity (Wildman–Crippen MR) is 63.4 cm³/mol. The van der Waals surface area contributed by atoms with E-state index in [0.717, 1.165) is 25.7 Å². The van der Waals surface area contributed by atoms with Crippen LogP contribution in [0.5, 0.6) is 0 Å². The van der Waals surface area contributed by atoms with Gasteiger partial charge in [0.25, 0.3) is 0 Å². The molecule has 6 heteroatoms. The Morgan fingerprint density at radius 3 is 2.62 bits per heavy atom. The maximum atomic E-state index is 13.4. The van der Waals surface area contributed by atoms with E-state index in [-0.39, 0.29) is 11.1 Å². The molecule has 16 heavy (non-hydrogen) atoms. The number of anilines is 1. The van der Waals surface area contributed by atoms with Crippen LogP contribution in [0.4, 0.5) is 10.2 Å². The third-order valence-corrected chi connectivity index (χ3v) is 2.34. The Morgan fingerprint density at radius 2 is 2.00 bits per heavy atom. The van der Waals surface area contributed by atoms with Gasteiger partial charge in [-0.05, 0) is 38.7 Å². The van der Waals surface area contributed by atoms with E-state index >= 15 is 0 Å². The summed E-state index contributed by atoms with van der Waals surface area (Å²) < 4.78 is 13.4. The minimum Gasteiger partial charge on any atom is -0.357 e. The fourth-order valence-corrected chi connectivity index (χ4v) is 1.46. The molecule has 1 aromatic heterocycles. The molecular formula is C10H16ClFN4. The van der Waals surface area contributed by atoms with Crippen LogP contribution in [0.25, 0.3) is 0 Å². The lowest BCUT2D eigenvalue weighted by Crippen LogP contribution is -2.25. The topological polar surface area (TPSA) is 32.3 Å². The molecule has 0 bridgehead atoms. The quantitative estimate of drug-likeness (QED) is 0.740. The van der Waals surface area contributed by atoms with Crippen molar-refractivity contribution in [1.29, 1.82) is 0 Å². The SMILES string of the molecule is CN(C)CCCN(C)c1nc(Cl)ncc1F. The van der Waals surface area contributed by atoms with Gasteiger partial charge in [0.05, 0.1) is 6.20 Å². The van der Waals surface area contributed by atoms with Crippen LogP contribution in [-0.2, 0) is 0 Å². The fourth-order valence-electron chi connectivity index (χ4n) is 1.34. The van der Waals surface area contributed by atoms with Crippen LogP contribution in [0.2, 0.25) is 5.28 Å². The summed E-state index contributed by atoms with van der Waals surface area (Å²) in [6.45, 7) is 1.67. The monoisotopic (exact) mass is 246 g/mol. The highest BCUT2D eigenvalue weighted by Gasteiger charge is 2.10. The minimum absolute atomic E-state index is 0.0656. The summed E-state index contributed by atoms with van der Waals surface area (Å²) in [5.41, 5.74) is 0. The molecule has 0 aliphatic heterocycles. The summed E-state index contributed by atoms with van der Waals surface area (Å²) in [4.78, 5) is 11.3. The van der Waals surface area contributed by atoms with Crippen molar-refractivity contribution < 1.29 is 4.39 Å². The van der Waals surface area contributed by atoms with Crippen molar-refractivity contribution in [2.75, 3.05) is 39.1 Å². The molecule has 0 aliphatic carbocycles. The first-order valence-corrected chi connectivity index (χ1v) is 5.42. The lowest BCUT2D eigenvalue weighted by atomic mass is 10.3. The Labute approximate surface area is 100 Å². The zero-order valence-corrected chi connectivity index (χ0v) is 10.5. The van der Waals surface area contributed by atoms with E-state index in [9.17, 15) is 4.39 Å². The molecule has 1 rings (SSSR count). The molecule has 0 unspecified atom stereocenters. The molecular weight excluding hydrogens is 231 g/mol. The lowest BCUT2D eigenvalue weighted by molar-refractivity contribution is 0.401. The van der Waals surface area contributed by atoms with Gasteiger partial charge in [0.2, 0.25) is 5.28 Å². The molecule has 0 aliphatic rings. The molecule has 0 N–H and O–H groups in total. The van der Waals surface area contributed by atoms with Crippen LogP contribution < -0.4 is 4.90 Å². The van der Waals surface area contributed by atoms with Gasteiger partial charge in [-0.3, -0.25) is 0 Å². The Morgan fingerprint density at radius 1 is 1.31 bits per heavy atom. The van der Waals surface area contributed by atoms with E-state index in [2.05, 4.69) is 14.9 Å². The van der Waals surface area contributed by atoms with Gasteiger partial charge in [0.1, 0.15) is 0 Å². The lowest BCUT2D eigenvalue weighted by Gasteiger charge is -2.19. The van der Waals surface area contributed by atoms with Gasteiger partial charge in [-0.2, -0.15) is 4.98 Å². The smallest absolute Gasteiger partial charge is 0.224 e. The van der Waals surface area contributed by atoms with Crippen molar-refractivity contribution in [3.05, 3.63) is 17.3 Å². The minimum atomic E-state index is -0.447. The van der Waals surface area contributed by atoms with E-state index in [4.69, 9.17) is 11.6 Å². The molecule has 4 nitrogen and oxygen atoms in total. The maximum absolute atomic E-state index is 13.4. The van der Waals surface area contributed by atoms with Crippen molar-refractivity contribution in [3.8, 4) is 0 Å². The van der Waals surface area contributed by atoms with Crippen LogP contribution in [0, 0.1) is 5.82 Å². The van der Waals surface area contributed by atoms with Gasteiger partial charge in [0.15, 0.2) is 11.6 Å². The Bertz CT molecular complexity index is 346. The van der Waals surface area contributed by atoms with Crippen molar-refractivity contribution in [2.45, 2.75) is 6.42 Å². The van der Waals surface area contributed by atoms with E-state index in [0.29, 0.717) is 0 Å². The highest BCUT2D eigenvalue weighted by Crippen LogP contribution is 2.15. The largest absolute Gasteiger partial charge is 0.357 e. The van der Waals surface area contributed by atoms with E-state index in [1.807, 2.05) is 14.1 Å². The average molecular weight is 247 g/mol. The summed E-state index contributed by atoms with van der Waals surface area (Å²) in [5, 5.41) is 0.0656. The zero-order chi connectivity index (χ0) is 12.1. The average Bonchev–Trinajstić information content (AvgIpc) is 2.21. The number of nitrogens with zero attached hydrogens (tertiary/aromatic N) is 4. The van der Waals surface area contributed by atoms with Gasteiger partial charge in [0, 0.05) is 13.6 Å². The summed E-state index contributed by atoms with van der Waals surface area (Å²) >= 11 is 5.62. The number of hydrogen-bond donors (Lipinski definition) is 0. The molecule has 0 spiro atoms. The van der Waals surface area contributed by atoms with Crippen molar-refractivity contribution in [2.24, 2.45) is 0 Å². The predicted octanol–water partition coefficient (Wildman–Crippen LogP) is 1.66. The second kappa shape index (κ2) is 5.96. The summed E-state index contributed by atoms with van der Waals surface area (Å²) in [6, 6.07) is 0. The zero-order valence-electron chi connectivity index (χ0n) is 9.74. The van der Waals surface area contributed by atoms with Gasteiger partial charge in [-0.25, -0.2) is 9.37 Å². The number of halogens is 2. The van der Waals surface area contributed by atoms with Gasteiger partial charge in [-0.15, -0.1) is 0 Å². The van der Waals surface area contributed by atoms with Crippen LogP contribution in [0.1, 0.15) is 6.42 Å². The Kier molecular flexibility index (Phi) is 4.89. The molecule has 0 saturated heterocycles. The molecule has 90 valence electrons. The Balaban J connectivity index is 2.58. The third kappa shape index (κ3) is 3.90. The van der Waals surface area contributed by atoms with Crippen LogP contribution >= 0.6 is 11.6 Å². The molecule has 1 aromatic rings. The third-order valence-electron chi connectivity index (χ3n) is 2.16.